The molecule has 1 aliphatic heterocycles. The van der Waals surface area contributed by atoms with Crippen LogP contribution >= 0.6 is 23.2 Å². The highest BCUT2D eigenvalue weighted by molar-refractivity contribution is 7.90. The zero-order valence-corrected chi connectivity index (χ0v) is 28.2. The molecule has 5 aromatic rings. The number of hydrogen-bond donors (Lipinski definition) is 2. The normalized spacial score (nSPS) is 14.8. The lowest BCUT2D eigenvalue weighted by Crippen LogP contribution is -2.44. The van der Waals surface area contributed by atoms with E-state index in [2.05, 4.69) is 5.32 Å². The summed E-state index contributed by atoms with van der Waals surface area (Å²) in [5, 5.41) is 18.6. The average Bonchev–Trinajstić information content (AvgIpc) is 3.47. The molecule has 2 heterocycles. The molecule has 1 aliphatic rings. The highest BCUT2D eigenvalue weighted by Crippen LogP contribution is 2.40. The molecular weight excluding hydrogens is 700 g/mol. The molecule has 49 heavy (non-hydrogen) atoms. The van der Waals surface area contributed by atoms with Gasteiger partial charge >= 0.3 is 15.5 Å². The highest BCUT2D eigenvalue weighted by Gasteiger charge is 2.50. The molecule has 1 fully saturated rings. The van der Waals surface area contributed by atoms with Gasteiger partial charge in [-0.3, -0.25) is 4.79 Å². The smallest absolute Gasteiger partial charge is 0.395 e. The van der Waals surface area contributed by atoms with Crippen LogP contribution in [0.4, 0.5) is 13.2 Å². The number of aromatic nitrogens is 2. The Morgan fingerprint density at radius 1 is 0.878 bits per heavy atom. The predicted octanol–water partition coefficient (Wildman–Crippen LogP) is 7.26. The van der Waals surface area contributed by atoms with Crippen molar-refractivity contribution in [3.05, 3.63) is 129 Å². The number of carbonyl (C=O) groups is 1. The first kappa shape index (κ1) is 34.9. The second-order valence-corrected chi connectivity index (χ2v) is 14.6. The first-order valence-electron chi connectivity index (χ1n) is 15.5. The first-order chi connectivity index (χ1) is 23.4. The minimum atomic E-state index is -5.45. The minimum Gasteiger partial charge on any atom is -0.395 e. The molecule has 0 unspecified atom stereocenters. The van der Waals surface area contributed by atoms with Crippen LogP contribution in [0.15, 0.2) is 91.0 Å². The van der Waals surface area contributed by atoms with Crippen LogP contribution in [0, 0.1) is 0 Å². The summed E-state index contributed by atoms with van der Waals surface area (Å²) in [6, 6.07) is 27.8. The maximum absolute atomic E-state index is 13.3. The molecule has 0 radical (unpaired) electrons. The van der Waals surface area contributed by atoms with Crippen molar-refractivity contribution in [1.29, 1.82) is 0 Å². The van der Waals surface area contributed by atoms with Gasteiger partial charge in [0.2, 0.25) is 0 Å². The molecule has 256 valence electrons. The van der Waals surface area contributed by atoms with Crippen LogP contribution in [0.25, 0.3) is 16.6 Å². The molecule has 1 amide bonds. The van der Waals surface area contributed by atoms with Crippen molar-refractivity contribution in [2.24, 2.45) is 0 Å². The molecule has 0 bridgehead atoms. The number of aliphatic hydroxyl groups is 1. The van der Waals surface area contributed by atoms with E-state index in [-0.39, 0.29) is 56.8 Å². The van der Waals surface area contributed by atoms with Gasteiger partial charge in [0.15, 0.2) is 0 Å². The lowest BCUT2D eigenvalue weighted by Gasteiger charge is -2.31. The van der Waals surface area contributed by atoms with Crippen molar-refractivity contribution in [3.63, 3.8) is 0 Å². The van der Waals surface area contributed by atoms with Gasteiger partial charge in [-0.25, -0.2) is 13.1 Å². The second kappa shape index (κ2) is 14.1. The number of piperidine rings is 1. The number of halogens is 5. The quantitative estimate of drug-likeness (QED) is 0.155. The number of aliphatic hydroxyl groups excluding tert-OH is 1. The van der Waals surface area contributed by atoms with Crippen molar-refractivity contribution in [2.45, 2.75) is 30.2 Å². The Hall–Kier alpha value is -3.94. The molecule has 1 saturated heterocycles. The van der Waals surface area contributed by atoms with Crippen molar-refractivity contribution >= 4 is 50.0 Å². The first-order valence-corrected chi connectivity index (χ1v) is 17.7. The Kier molecular flexibility index (Phi) is 10.1. The van der Waals surface area contributed by atoms with Crippen LogP contribution in [0.5, 0.6) is 0 Å². The monoisotopic (exact) mass is 730 g/mol. The van der Waals surface area contributed by atoms with Gasteiger partial charge < -0.3 is 10.4 Å². The van der Waals surface area contributed by atoms with E-state index >= 15 is 0 Å². The Balaban J connectivity index is 1.44. The number of hydrogen-bond acceptors (Lipinski definition) is 5. The van der Waals surface area contributed by atoms with Gasteiger partial charge in [0.05, 0.1) is 23.5 Å². The van der Waals surface area contributed by atoms with Gasteiger partial charge in [-0.15, -0.1) is 0 Å². The van der Waals surface area contributed by atoms with Crippen molar-refractivity contribution in [3.8, 4) is 5.69 Å². The summed E-state index contributed by atoms with van der Waals surface area (Å²) in [5.41, 5.74) is -0.103. The Labute approximate surface area is 291 Å². The number of alkyl halides is 3. The number of nitrogens with zero attached hydrogens (tertiary/aromatic N) is 3. The third-order valence-corrected chi connectivity index (χ3v) is 10.9. The molecule has 0 aliphatic carbocycles. The van der Waals surface area contributed by atoms with Crippen LogP contribution in [0.1, 0.15) is 57.4 Å². The molecule has 6 rings (SSSR count). The maximum atomic E-state index is 13.3. The molecule has 0 atom stereocenters. The Morgan fingerprint density at radius 2 is 1.43 bits per heavy atom. The number of benzene rings is 4. The fraction of sp³-hybridized carbons (Fsp3) is 0.257. The summed E-state index contributed by atoms with van der Waals surface area (Å²) in [4.78, 5) is 12.4. The highest BCUT2D eigenvalue weighted by atomic mass is 35.5. The van der Waals surface area contributed by atoms with Crippen LogP contribution in [-0.2, 0) is 10.0 Å². The molecular formula is C35H31Cl2F3N4O4S. The lowest BCUT2D eigenvalue weighted by molar-refractivity contribution is -0.0494. The van der Waals surface area contributed by atoms with Gasteiger partial charge in [-0.1, -0.05) is 53.5 Å². The zero-order valence-electron chi connectivity index (χ0n) is 25.9. The molecule has 2 N–H and O–H groups in total. The maximum Gasteiger partial charge on any atom is 0.511 e. The number of carbonyl (C=O) groups excluding carboxylic acids is 1. The summed E-state index contributed by atoms with van der Waals surface area (Å²) >= 11 is 12.4. The molecule has 0 saturated carbocycles. The van der Waals surface area contributed by atoms with E-state index in [1.165, 1.54) is 0 Å². The summed E-state index contributed by atoms with van der Waals surface area (Å²) in [5.74, 6) is -0.899. The predicted molar refractivity (Wildman–Crippen MR) is 183 cm³/mol. The largest absolute Gasteiger partial charge is 0.511 e. The summed E-state index contributed by atoms with van der Waals surface area (Å²) in [7, 11) is -5.45. The van der Waals surface area contributed by atoms with Crippen molar-refractivity contribution in [2.75, 3.05) is 26.2 Å². The zero-order chi connectivity index (χ0) is 34.9. The van der Waals surface area contributed by atoms with E-state index in [9.17, 15) is 26.4 Å². The van der Waals surface area contributed by atoms with Gasteiger partial charge in [0.1, 0.15) is 0 Å². The number of rotatable bonds is 9. The Bertz CT molecular complexity index is 2020. The summed E-state index contributed by atoms with van der Waals surface area (Å²) in [6.45, 7) is -0.662. The average molecular weight is 732 g/mol. The molecule has 8 nitrogen and oxygen atoms in total. The molecule has 1 aromatic heterocycles. The van der Waals surface area contributed by atoms with E-state index in [0.29, 0.717) is 31.3 Å². The summed E-state index contributed by atoms with van der Waals surface area (Å²) < 4.78 is 66.5. The fourth-order valence-corrected chi connectivity index (χ4v) is 7.50. The van der Waals surface area contributed by atoms with Crippen LogP contribution in [0.2, 0.25) is 10.0 Å². The topological polar surface area (TPSA) is 105 Å². The molecule has 0 spiro atoms. The molecule has 14 heteroatoms. The van der Waals surface area contributed by atoms with Gasteiger partial charge in [-0.2, -0.15) is 22.6 Å². The van der Waals surface area contributed by atoms with E-state index in [1.807, 2.05) is 66.7 Å². The molecule has 4 aromatic carbocycles. The standard InChI is InChI=1S/C35H31Cl2F3N4O4S/c36-27-8-1-22(2-9-27)32(23-3-10-28(37)11-4-23)26-7-14-31-30(21-26)33(24-15-18-43(19-16-24)49(47,48)35(38,39)40)42-44(31)29-12-5-25(6-13-29)34(46)41-17-20-45/h1-14,21,24,32,45H,15-20H2,(H,41,46). The van der Waals surface area contributed by atoms with E-state index in [4.69, 9.17) is 33.4 Å². The lowest BCUT2D eigenvalue weighted by atomic mass is 9.84. The third kappa shape index (κ3) is 7.20. The van der Waals surface area contributed by atoms with Crippen LogP contribution < -0.4 is 5.32 Å². The number of fused-ring (bicyclic) bond motifs is 1. The third-order valence-electron chi connectivity index (χ3n) is 8.72. The van der Waals surface area contributed by atoms with E-state index in [1.54, 1.807) is 28.9 Å². The Morgan fingerprint density at radius 3 is 1.96 bits per heavy atom. The number of nitrogens with one attached hydrogen (secondary N) is 1. The summed E-state index contributed by atoms with van der Waals surface area (Å²) in [6.07, 6.45) is 0.292. The van der Waals surface area contributed by atoms with Crippen LogP contribution in [0.3, 0.4) is 0 Å². The fourth-order valence-electron chi connectivity index (χ4n) is 6.27. The van der Waals surface area contributed by atoms with Crippen molar-refractivity contribution in [1.82, 2.24) is 19.4 Å². The van der Waals surface area contributed by atoms with E-state index in [0.717, 1.165) is 27.6 Å². The van der Waals surface area contributed by atoms with Gasteiger partial charge in [0.25, 0.3) is 5.91 Å². The van der Waals surface area contributed by atoms with Crippen molar-refractivity contribution < 1.29 is 31.5 Å². The van der Waals surface area contributed by atoms with E-state index < -0.39 is 15.5 Å². The number of sulfonamides is 1. The SMILES string of the molecule is O=C(NCCO)c1ccc(-n2nc(C3CCN(S(=O)(=O)C(F)(F)F)CC3)c3cc(C(c4ccc(Cl)cc4)c4ccc(Cl)cc4)ccc32)cc1. The van der Waals surface area contributed by atoms with Gasteiger partial charge in [-0.05, 0) is 90.2 Å². The second-order valence-electron chi connectivity index (χ2n) is 11.8. The van der Waals surface area contributed by atoms with Crippen LogP contribution in [-0.4, -0.2) is 65.3 Å². The van der Waals surface area contributed by atoms with Gasteiger partial charge in [0, 0.05) is 52.5 Å². The minimum absolute atomic E-state index is 0.117. The number of amides is 1.